The molecule has 0 bridgehead atoms. The Bertz CT molecular complexity index is 160. The standard InChI is InChI=1S/C7H6O/c1-6-4-2-3-5-7(6)8/h2-5H,1H2. The molecule has 0 spiro atoms. The summed E-state index contributed by atoms with van der Waals surface area (Å²) in [5.74, 6) is 0.00694. The van der Waals surface area contributed by atoms with E-state index in [0.29, 0.717) is 5.56 Å². The van der Waals surface area contributed by atoms with E-state index in [9.17, 15) is 5.11 Å². The first-order valence-electron chi connectivity index (χ1n) is 2.39. The zero-order chi connectivity index (χ0) is 5.98. The van der Waals surface area contributed by atoms with Crippen molar-refractivity contribution in [2.75, 3.05) is 0 Å². The molecule has 0 N–H and O–H groups in total. The van der Waals surface area contributed by atoms with E-state index < -0.39 is 0 Å². The molecule has 1 rings (SSSR count). The first kappa shape index (κ1) is 5.16. The van der Waals surface area contributed by atoms with Crippen LogP contribution in [0.4, 0.5) is 0 Å². The number of hydrogen-bond acceptors (Lipinski definition) is 0. The Labute approximate surface area is 48.6 Å². The first-order valence-corrected chi connectivity index (χ1v) is 2.39. The minimum atomic E-state index is 0.00694. The van der Waals surface area contributed by atoms with E-state index in [1.165, 1.54) is 6.07 Å². The highest BCUT2D eigenvalue weighted by Crippen LogP contribution is 2.13. The zero-order valence-corrected chi connectivity index (χ0v) is 4.42. The Balaban J connectivity index is 3.13. The highest BCUT2D eigenvalue weighted by molar-refractivity contribution is 5.33. The molecule has 0 amide bonds. The monoisotopic (exact) mass is 106 g/mol. The summed E-state index contributed by atoms with van der Waals surface area (Å²) in [5, 5.41) is 10.6. The lowest BCUT2D eigenvalue weighted by Gasteiger charge is -1.88. The molecule has 1 aromatic rings. The molecule has 0 aliphatic rings. The van der Waals surface area contributed by atoms with E-state index in [2.05, 4.69) is 6.92 Å². The third-order valence-electron chi connectivity index (χ3n) is 0.973. The summed E-state index contributed by atoms with van der Waals surface area (Å²) in [6.45, 7) is 3.51. The van der Waals surface area contributed by atoms with Gasteiger partial charge >= 0.3 is 0 Å². The smallest absolute Gasteiger partial charge is 0.181 e. The fourth-order valence-corrected chi connectivity index (χ4v) is 0.504. The predicted molar refractivity (Wildman–Crippen MR) is 31.0 cm³/mol. The van der Waals surface area contributed by atoms with Gasteiger partial charge in [-0.2, -0.15) is 0 Å². The molecule has 0 saturated heterocycles. The molecule has 2 radical (unpaired) electrons. The number of rotatable bonds is 0. The van der Waals surface area contributed by atoms with E-state index in [4.69, 9.17) is 0 Å². The summed E-state index contributed by atoms with van der Waals surface area (Å²) < 4.78 is 0. The van der Waals surface area contributed by atoms with Crippen molar-refractivity contribution in [3.05, 3.63) is 36.8 Å². The summed E-state index contributed by atoms with van der Waals surface area (Å²) in [7, 11) is 0. The summed E-state index contributed by atoms with van der Waals surface area (Å²) in [6, 6.07) is 6.70. The van der Waals surface area contributed by atoms with Crippen molar-refractivity contribution in [1.29, 1.82) is 0 Å². The van der Waals surface area contributed by atoms with Gasteiger partial charge < -0.3 is 0 Å². The van der Waals surface area contributed by atoms with Crippen LogP contribution in [0.1, 0.15) is 5.56 Å². The molecule has 0 fully saturated rings. The molecule has 0 aromatic heterocycles. The van der Waals surface area contributed by atoms with Crippen molar-refractivity contribution < 1.29 is 5.11 Å². The fraction of sp³-hybridized carbons (Fsp3) is 0. The van der Waals surface area contributed by atoms with Gasteiger partial charge in [-0.1, -0.05) is 18.2 Å². The van der Waals surface area contributed by atoms with Crippen LogP contribution in [0.15, 0.2) is 24.3 Å². The molecule has 0 atom stereocenters. The van der Waals surface area contributed by atoms with Crippen LogP contribution in [0.3, 0.4) is 0 Å². The molecule has 8 heavy (non-hydrogen) atoms. The molecule has 0 heterocycles. The quantitative estimate of drug-likeness (QED) is 0.482. The van der Waals surface area contributed by atoms with Gasteiger partial charge in [0.05, 0.1) is 0 Å². The number of benzene rings is 1. The lowest BCUT2D eigenvalue weighted by atomic mass is 10.2. The SMILES string of the molecule is [CH2]c1ccccc1[O]. The minimum absolute atomic E-state index is 0.00694. The molecule has 0 unspecified atom stereocenters. The van der Waals surface area contributed by atoms with Gasteiger partial charge in [0.2, 0.25) is 0 Å². The topological polar surface area (TPSA) is 19.9 Å². The van der Waals surface area contributed by atoms with E-state index >= 15 is 0 Å². The van der Waals surface area contributed by atoms with Crippen LogP contribution in [-0.4, -0.2) is 0 Å². The van der Waals surface area contributed by atoms with Crippen LogP contribution in [0.2, 0.25) is 0 Å². The molecule has 0 saturated carbocycles. The Morgan fingerprint density at radius 1 is 1.25 bits per heavy atom. The lowest BCUT2D eigenvalue weighted by Crippen LogP contribution is -1.67. The van der Waals surface area contributed by atoms with Crippen LogP contribution < -0.4 is 0 Å². The van der Waals surface area contributed by atoms with Crippen LogP contribution in [0, 0.1) is 6.92 Å². The van der Waals surface area contributed by atoms with Gasteiger partial charge in [-0.15, -0.1) is 0 Å². The maximum Gasteiger partial charge on any atom is 0.181 e. The van der Waals surface area contributed by atoms with Crippen LogP contribution in [0.25, 0.3) is 0 Å². The number of para-hydroxylation sites is 1. The Morgan fingerprint density at radius 2 is 1.88 bits per heavy atom. The Morgan fingerprint density at radius 3 is 2.25 bits per heavy atom. The Kier molecular flexibility index (Phi) is 1.20. The minimum Gasteiger partial charge on any atom is -0.290 e. The van der Waals surface area contributed by atoms with Gasteiger partial charge in [0.25, 0.3) is 0 Å². The van der Waals surface area contributed by atoms with E-state index in [1.54, 1.807) is 18.2 Å². The molecule has 40 valence electrons. The molecule has 1 aromatic carbocycles. The van der Waals surface area contributed by atoms with Gasteiger partial charge in [-0.05, 0) is 18.6 Å². The normalized spacial score (nSPS) is 9.12. The largest absolute Gasteiger partial charge is 0.290 e. The molecule has 0 aliphatic carbocycles. The average molecular weight is 106 g/mol. The highest BCUT2D eigenvalue weighted by atomic mass is 16.3. The van der Waals surface area contributed by atoms with Gasteiger partial charge in [-0.3, -0.25) is 5.11 Å². The van der Waals surface area contributed by atoms with Crippen LogP contribution in [0.5, 0.6) is 5.75 Å². The average Bonchev–Trinajstić information content (AvgIpc) is 1.77. The molecular weight excluding hydrogens is 100 g/mol. The Hall–Kier alpha value is -0.980. The van der Waals surface area contributed by atoms with E-state index in [-0.39, 0.29) is 5.75 Å². The molecular formula is C7H6O. The van der Waals surface area contributed by atoms with Gasteiger partial charge in [-0.25, -0.2) is 0 Å². The van der Waals surface area contributed by atoms with Crippen LogP contribution in [-0.2, 0) is 5.11 Å². The van der Waals surface area contributed by atoms with Crippen molar-refractivity contribution >= 4 is 0 Å². The second-order valence-corrected chi connectivity index (χ2v) is 1.61. The lowest BCUT2D eigenvalue weighted by molar-refractivity contribution is 0.353. The molecule has 0 aliphatic heterocycles. The van der Waals surface area contributed by atoms with E-state index in [0.717, 1.165) is 0 Å². The summed E-state index contributed by atoms with van der Waals surface area (Å²) >= 11 is 0. The van der Waals surface area contributed by atoms with Gasteiger partial charge in [0, 0.05) is 0 Å². The second-order valence-electron chi connectivity index (χ2n) is 1.61. The molecule has 1 heteroatoms. The van der Waals surface area contributed by atoms with Crippen molar-refractivity contribution in [1.82, 2.24) is 0 Å². The van der Waals surface area contributed by atoms with Crippen molar-refractivity contribution in [3.8, 4) is 5.75 Å². The summed E-state index contributed by atoms with van der Waals surface area (Å²) in [5.41, 5.74) is 0.563. The van der Waals surface area contributed by atoms with Gasteiger partial charge in [0.15, 0.2) is 5.75 Å². The first-order chi connectivity index (χ1) is 3.80. The summed E-state index contributed by atoms with van der Waals surface area (Å²) in [6.07, 6.45) is 0. The van der Waals surface area contributed by atoms with Crippen LogP contribution >= 0.6 is 0 Å². The maximum atomic E-state index is 10.6. The predicted octanol–water partition coefficient (Wildman–Crippen LogP) is 2.01. The second kappa shape index (κ2) is 1.86. The van der Waals surface area contributed by atoms with E-state index in [1.807, 2.05) is 0 Å². The third-order valence-corrected chi connectivity index (χ3v) is 0.973. The fourth-order valence-electron chi connectivity index (χ4n) is 0.504. The highest BCUT2D eigenvalue weighted by Gasteiger charge is 1.90. The zero-order valence-electron chi connectivity index (χ0n) is 4.42. The number of hydrogen-bond donors (Lipinski definition) is 0. The third kappa shape index (κ3) is 0.808. The molecule has 1 nitrogen and oxygen atoms in total. The van der Waals surface area contributed by atoms with Gasteiger partial charge in [0.1, 0.15) is 0 Å². The summed E-state index contributed by atoms with van der Waals surface area (Å²) in [4.78, 5) is 0. The van der Waals surface area contributed by atoms with Crippen molar-refractivity contribution in [2.24, 2.45) is 0 Å². The van der Waals surface area contributed by atoms with Crippen molar-refractivity contribution in [3.63, 3.8) is 0 Å². The maximum absolute atomic E-state index is 10.6. The van der Waals surface area contributed by atoms with Crippen molar-refractivity contribution in [2.45, 2.75) is 0 Å².